The highest BCUT2D eigenvalue weighted by molar-refractivity contribution is 6.00. The Morgan fingerprint density at radius 3 is 2.41 bits per heavy atom. The minimum atomic E-state index is -0.622. The van der Waals surface area contributed by atoms with E-state index in [0.717, 1.165) is 5.56 Å². The molecule has 0 fully saturated rings. The third kappa shape index (κ3) is 3.00. The molecule has 0 bridgehead atoms. The van der Waals surface area contributed by atoms with E-state index in [9.17, 15) is 14.4 Å². The molecule has 1 aliphatic carbocycles. The van der Waals surface area contributed by atoms with E-state index in [1.807, 2.05) is 30.3 Å². The zero-order valence-electron chi connectivity index (χ0n) is 14.5. The first-order valence-electron chi connectivity index (χ1n) is 8.72. The van der Waals surface area contributed by atoms with Gasteiger partial charge in [0.2, 0.25) is 5.88 Å². The van der Waals surface area contributed by atoms with Crippen molar-refractivity contribution in [2.24, 2.45) is 5.73 Å². The Morgan fingerprint density at radius 1 is 1.04 bits per heavy atom. The summed E-state index contributed by atoms with van der Waals surface area (Å²) in [5.74, 6) is -0.557. The summed E-state index contributed by atoms with van der Waals surface area (Å²) >= 11 is 0. The van der Waals surface area contributed by atoms with Gasteiger partial charge in [-0.1, -0.05) is 42.5 Å². The minimum Gasteiger partial charge on any atom is -0.444 e. The third-order valence-electron chi connectivity index (χ3n) is 5.14. The van der Waals surface area contributed by atoms with Crippen molar-refractivity contribution >= 4 is 5.78 Å². The lowest BCUT2D eigenvalue weighted by atomic mass is 9.73. The number of ketones is 1. The van der Waals surface area contributed by atoms with E-state index in [2.05, 4.69) is 6.07 Å². The smallest absolute Gasteiger partial charge is 0.205 e. The molecule has 2 atom stereocenters. The Morgan fingerprint density at radius 2 is 1.74 bits per heavy atom. The van der Waals surface area contributed by atoms with Crippen LogP contribution in [0.3, 0.4) is 0 Å². The molecule has 2 aromatic rings. The van der Waals surface area contributed by atoms with Crippen LogP contribution in [0.2, 0.25) is 0 Å². The van der Waals surface area contributed by atoms with Gasteiger partial charge in [-0.3, -0.25) is 4.79 Å². The highest BCUT2D eigenvalue weighted by Gasteiger charge is 2.40. The molecule has 1 heterocycles. The van der Waals surface area contributed by atoms with Crippen molar-refractivity contribution in [1.29, 1.82) is 5.26 Å². The van der Waals surface area contributed by atoms with Crippen molar-refractivity contribution in [3.8, 4) is 6.07 Å². The molecule has 4 nitrogen and oxygen atoms in total. The van der Waals surface area contributed by atoms with E-state index in [1.54, 1.807) is 12.1 Å². The number of ether oxygens (including phenoxy) is 1. The summed E-state index contributed by atoms with van der Waals surface area (Å²) in [6.45, 7) is 0. The van der Waals surface area contributed by atoms with Gasteiger partial charge in [0.25, 0.3) is 0 Å². The molecule has 0 radical (unpaired) electrons. The predicted octanol–water partition coefficient (Wildman–Crippen LogP) is 4.03. The average Bonchev–Trinajstić information content (AvgIpc) is 2.68. The molecule has 0 amide bonds. The van der Waals surface area contributed by atoms with Gasteiger partial charge in [0.15, 0.2) is 5.78 Å². The van der Waals surface area contributed by atoms with Crippen LogP contribution in [-0.2, 0) is 9.53 Å². The predicted molar refractivity (Wildman–Crippen MR) is 97.5 cm³/mol. The van der Waals surface area contributed by atoms with Gasteiger partial charge in [0, 0.05) is 18.4 Å². The van der Waals surface area contributed by atoms with Gasteiger partial charge < -0.3 is 10.5 Å². The maximum Gasteiger partial charge on any atom is 0.205 e. The first-order valence-corrected chi connectivity index (χ1v) is 8.72. The molecule has 134 valence electrons. The molecular formula is C22H17FN2O2. The molecule has 0 aromatic heterocycles. The van der Waals surface area contributed by atoms with Crippen molar-refractivity contribution in [3.63, 3.8) is 0 Å². The Hall–Kier alpha value is -3.39. The molecule has 2 aromatic carbocycles. The molecule has 1 aliphatic heterocycles. The normalized spacial score (nSPS) is 22.1. The molecule has 0 spiro atoms. The maximum atomic E-state index is 13.4. The first kappa shape index (κ1) is 17.0. The lowest BCUT2D eigenvalue weighted by molar-refractivity contribution is -0.117. The largest absolute Gasteiger partial charge is 0.444 e. The van der Waals surface area contributed by atoms with E-state index in [1.165, 1.54) is 12.1 Å². The van der Waals surface area contributed by atoms with Crippen molar-refractivity contribution in [2.75, 3.05) is 0 Å². The number of benzene rings is 2. The highest BCUT2D eigenvalue weighted by atomic mass is 19.1. The monoisotopic (exact) mass is 360 g/mol. The molecule has 2 aliphatic rings. The number of nitrogens with zero attached hydrogens (tertiary/aromatic N) is 1. The molecular weight excluding hydrogens is 343 g/mol. The summed E-state index contributed by atoms with van der Waals surface area (Å²) in [7, 11) is 0. The fourth-order valence-corrected chi connectivity index (χ4v) is 3.86. The maximum absolute atomic E-state index is 13.4. The van der Waals surface area contributed by atoms with E-state index in [0.29, 0.717) is 29.7 Å². The summed E-state index contributed by atoms with van der Waals surface area (Å²) in [5.41, 5.74) is 8.36. The second-order valence-electron chi connectivity index (χ2n) is 6.75. The molecule has 2 N–H and O–H groups in total. The number of nitrogens with two attached hydrogens (primary N) is 1. The zero-order valence-corrected chi connectivity index (χ0v) is 14.5. The quantitative estimate of drug-likeness (QED) is 0.877. The number of carbonyl (C=O) groups is 1. The second-order valence-corrected chi connectivity index (χ2v) is 6.75. The van der Waals surface area contributed by atoms with Crippen LogP contribution in [0.1, 0.15) is 35.8 Å². The van der Waals surface area contributed by atoms with E-state index in [4.69, 9.17) is 10.5 Å². The third-order valence-corrected chi connectivity index (χ3v) is 5.14. The SMILES string of the molecule is N#CC1=C(N)OC2=C(C(=O)C[C@H](c3ccccc3)C2)[C@@H]1c1ccc(F)cc1. The Kier molecular flexibility index (Phi) is 4.25. The summed E-state index contributed by atoms with van der Waals surface area (Å²) in [6, 6.07) is 17.6. The number of hydrogen-bond acceptors (Lipinski definition) is 4. The van der Waals surface area contributed by atoms with Gasteiger partial charge in [0.05, 0.1) is 5.92 Å². The van der Waals surface area contributed by atoms with Gasteiger partial charge in [-0.2, -0.15) is 5.26 Å². The lowest BCUT2D eigenvalue weighted by Gasteiger charge is -2.34. The van der Waals surface area contributed by atoms with Crippen LogP contribution in [0.5, 0.6) is 0 Å². The van der Waals surface area contributed by atoms with Crippen molar-refractivity contribution in [3.05, 3.63) is 94.3 Å². The van der Waals surface area contributed by atoms with Crippen LogP contribution in [0.4, 0.5) is 4.39 Å². The Labute approximate surface area is 156 Å². The van der Waals surface area contributed by atoms with Gasteiger partial charge in [-0.15, -0.1) is 0 Å². The van der Waals surface area contributed by atoms with Gasteiger partial charge in [-0.25, -0.2) is 4.39 Å². The van der Waals surface area contributed by atoms with Crippen LogP contribution < -0.4 is 5.73 Å². The van der Waals surface area contributed by atoms with Gasteiger partial charge in [-0.05, 0) is 29.2 Å². The summed E-state index contributed by atoms with van der Waals surface area (Å²) in [5, 5.41) is 9.58. The van der Waals surface area contributed by atoms with Crippen molar-refractivity contribution in [2.45, 2.75) is 24.7 Å². The lowest BCUT2D eigenvalue weighted by Crippen LogP contribution is -2.29. The standard InChI is InChI=1S/C22H17FN2O2/c23-16-8-6-14(7-9-16)20-17(12-24)22(25)27-19-11-15(10-18(26)21(19)20)13-4-2-1-3-5-13/h1-9,15,20H,10-11,25H2/t15-,20+/m0/s1. The van der Waals surface area contributed by atoms with Crippen molar-refractivity contribution < 1.29 is 13.9 Å². The van der Waals surface area contributed by atoms with Crippen LogP contribution in [0, 0.1) is 17.1 Å². The number of allylic oxidation sites excluding steroid dienone is 3. The number of carbonyl (C=O) groups excluding carboxylic acids is 1. The fraction of sp³-hybridized carbons (Fsp3) is 0.182. The fourth-order valence-electron chi connectivity index (χ4n) is 3.86. The summed E-state index contributed by atoms with van der Waals surface area (Å²) in [6.07, 6.45) is 0.866. The summed E-state index contributed by atoms with van der Waals surface area (Å²) < 4.78 is 19.1. The molecule has 0 saturated carbocycles. The number of hydrogen-bond donors (Lipinski definition) is 1. The van der Waals surface area contributed by atoms with Crippen LogP contribution in [0.25, 0.3) is 0 Å². The Bertz CT molecular complexity index is 1000. The molecule has 5 heteroatoms. The molecule has 27 heavy (non-hydrogen) atoms. The topological polar surface area (TPSA) is 76.1 Å². The number of nitriles is 1. The van der Waals surface area contributed by atoms with Crippen LogP contribution >= 0.6 is 0 Å². The van der Waals surface area contributed by atoms with Crippen molar-refractivity contribution in [1.82, 2.24) is 0 Å². The summed E-state index contributed by atoms with van der Waals surface area (Å²) in [4.78, 5) is 13.0. The highest BCUT2D eigenvalue weighted by Crippen LogP contribution is 2.46. The van der Waals surface area contributed by atoms with E-state index >= 15 is 0 Å². The number of rotatable bonds is 2. The number of halogens is 1. The first-order chi connectivity index (χ1) is 13.1. The van der Waals surface area contributed by atoms with Gasteiger partial charge >= 0.3 is 0 Å². The molecule has 4 rings (SSSR count). The van der Waals surface area contributed by atoms with Crippen LogP contribution in [-0.4, -0.2) is 5.78 Å². The molecule has 0 unspecified atom stereocenters. The minimum absolute atomic E-state index is 0.00255. The second kappa shape index (κ2) is 6.73. The average molecular weight is 360 g/mol. The van der Waals surface area contributed by atoms with Crippen LogP contribution in [0.15, 0.2) is 77.4 Å². The zero-order chi connectivity index (χ0) is 19.0. The number of Topliss-reactive ketones (excluding diaryl/α,β-unsaturated/α-hetero) is 1. The van der Waals surface area contributed by atoms with E-state index < -0.39 is 5.92 Å². The van der Waals surface area contributed by atoms with E-state index in [-0.39, 0.29) is 29.0 Å². The Balaban J connectivity index is 1.79. The molecule has 0 saturated heterocycles. The van der Waals surface area contributed by atoms with Gasteiger partial charge in [0.1, 0.15) is 23.2 Å².